The van der Waals surface area contributed by atoms with Crippen LogP contribution in [0.4, 0.5) is 0 Å². The maximum atomic E-state index is 12.5. The van der Waals surface area contributed by atoms with Crippen LogP contribution in [0.5, 0.6) is 11.7 Å². The predicted octanol–water partition coefficient (Wildman–Crippen LogP) is 4.33. The van der Waals surface area contributed by atoms with Crippen molar-refractivity contribution in [1.82, 2.24) is 4.90 Å². The molecule has 0 atom stereocenters. The molecular weight excluding hydrogens is 351 g/mol. The Balaban J connectivity index is 1.69. The number of amides is 1. The highest BCUT2D eigenvalue weighted by molar-refractivity contribution is 6.42. The molecule has 24 heavy (non-hydrogen) atoms. The van der Waals surface area contributed by atoms with Gasteiger partial charge in [-0.25, -0.2) is 0 Å². The van der Waals surface area contributed by atoms with Crippen LogP contribution >= 0.6 is 23.2 Å². The molecule has 2 heterocycles. The van der Waals surface area contributed by atoms with E-state index in [0.717, 1.165) is 12.8 Å². The van der Waals surface area contributed by atoms with Gasteiger partial charge in [-0.15, -0.1) is 0 Å². The van der Waals surface area contributed by atoms with E-state index in [4.69, 9.17) is 38.1 Å². The summed E-state index contributed by atoms with van der Waals surface area (Å²) in [6, 6.07) is 8.23. The Morgan fingerprint density at radius 1 is 1.25 bits per heavy atom. The molecule has 3 rings (SSSR count). The quantitative estimate of drug-likeness (QED) is 0.874. The van der Waals surface area contributed by atoms with Crippen LogP contribution in [0.1, 0.15) is 30.3 Å². The minimum atomic E-state index is -0.211. The summed E-state index contributed by atoms with van der Waals surface area (Å²) in [6.07, 6.45) is 1.53. The summed E-state index contributed by atoms with van der Waals surface area (Å²) >= 11 is 12.0. The highest BCUT2D eigenvalue weighted by atomic mass is 35.5. The summed E-state index contributed by atoms with van der Waals surface area (Å²) in [5.74, 6) is 0.610. The topological polar surface area (TPSA) is 68.7 Å². The molecule has 2 aromatic rings. The van der Waals surface area contributed by atoms with Crippen LogP contribution in [-0.4, -0.2) is 29.4 Å². The second kappa shape index (κ2) is 6.67. The summed E-state index contributed by atoms with van der Waals surface area (Å²) in [5.41, 5.74) is 5.88. The molecule has 5 nitrogen and oxygen atoms in total. The highest BCUT2D eigenvalue weighted by Gasteiger charge is 2.30. The molecule has 0 spiro atoms. The van der Waals surface area contributed by atoms with Crippen molar-refractivity contribution in [3.05, 3.63) is 46.1 Å². The number of carbonyl (C=O) groups is 1. The van der Waals surface area contributed by atoms with Crippen molar-refractivity contribution in [1.29, 1.82) is 0 Å². The van der Waals surface area contributed by atoms with Crippen molar-refractivity contribution in [2.45, 2.75) is 25.3 Å². The van der Waals surface area contributed by atoms with E-state index in [1.165, 1.54) is 0 Å². The molecule has 0 unspecified atom stereocenters. The number of furan rings is 1. The molecule has 1 saturated heterocycles. The van der Waals surface area contributed by atoms with Crippen molar-refractivity contribution in [3.63, 3.8) is 0 Å². The maximum Gasteiger partial charge on any atom is 0.290 e. The first-order chi connectivity index (χ1) is 11.4. The number of halogens is 2. The van der Waals surface area contributed by atoms with Gasteiger partial charge in [0.1, 0.15) is 5.02 Å². The number of benzene rings is 1. The molecule has 2 N–H and O–H groups in total. The van der Waals surface area contributed by atoms with Crippen molar-refractivity contribution in [2.75, 3.05) is 13.1 Å². The molecule has 1 aromatic heterocycles. The van der Waals surface area contributed by atoms with Gasteiger partial charge in [-0.1, -0.05) is 29.3 Å². The van der Waals surface area contributed by atoms with Gasteiger partial charge in [0.15, 0.2) is 11.5 Å². The Morgan fingerprint density at radius 2 is 1.96 bits per heavy atom. The van der Waals surface area contributed by atoms with Gasteiger partial charge in [0.05, 0.1) is 5.02 Å². The van der Waals surface area contributed by atoms with Crippen molar-refractivity contribution >= 4 is 29.1 Å². The Bertz CT molecular complexity index is 748. The van der Waals surface area contributed by atoms with E-state index in [-0.39, 0.29) is 23.2 Å². The number of rotatable bonds is 3. The zero-order chi connectivity index (χ0) is 17.3. The Morgan fingerprint density at radius 3 is 2.67 bits per heavy atom. The van der Waals surface area contributed by atoms with Gasteiger partial charge in [-0.05, 0) is 38.0 Å². The number of hydrogen-bond acceptors (Lipinski definition) is 4. The van der Waals surface area contributed by atoms with Crippen LogP contribution in [0.2, 0.25) is 10.0 Å². The van der Waals surface area contributed by atoms with Gasteiger partial charge in [0.2, 0.25) is 0 Å². The first-order valence-corrected chi connectivity index (χ1v) is 8.41. The van der Waals surface area contributed by atoms with Crippen LogP contribution < -0.4 is 10.5 Å². The second-order valence-corrected chi connectivity index (χ2v) is 7.00. The van der Waals surface area contributed by atoms with Crippen LogP contribution in [-0.2, 0) is 0 Å². The van der Waals surface area contributed by atoms with Gasteiger partial charge < -0.3 is 19.8 Å². The molecule has 1 aliphatic rings. The third-order valence-corrected chi connectivity index (χ3v) is 4.91. The van der Waals surface area contributed by atoms with Crippen LogP contribution in [0.25, 0.3) is 0 Å². The fourth-order valence-electron chi connectivity index (χ4n) is 2.54. The van der Waals surface area contributed by atoms with Crippen molar-refractivity contribution < 1.29 is 13.9 Å². The van der Waals surface area contributed by atoms with Gasteiger partial charge >= 0.3 is 0 Å². The fourth-order valence-corrected chi connectivity index (χ4v) is 2.87. The molecule has 1 aliphatic heterocycles. The minimum Gasteiger partial charge on any atom is -0.424 e. The third kappa shape index (κ3) is 3.69. The number of nitrogens with zero attached hydrogens (tertiary/aromatic N) is 1. The number of likely N-dealkylation sites (tertiary alicyclic amines) is 1. The van der Waals surface area contributed by atoms with Crippen LogP contribution in [0.3, 0.4) is 0 Å². The van der Waals surface area contributed by atoms with E-state index >= 15 is 0 Å². The number of nitrogens with two attached hydrogens (primary N) is 1. The summed E-state index contributed by atoms with van der Waals surface area (Å²) < 4.78 is 11.1. The molecule has 1 fully saturated rings. The van der Waals surface area contributed by atoms with E-state index in [0.29, 0.717) is 28.9 Å². The fraction of sp³-hybridized carbons (Fsp3) is 0.353. The molecule has 128 valence electrons. The highest BCUT2D eigenvalue weighted by Crippen LogP contribution is 2.35. The normalized spacial score (nSPS) is 16.9. The largest absolute Gasteiger partial charge is 0.424 e. The second-order valence-electron chi connectivity index (χ2n) is 6.22. The van der Waals surface area contributed by atoms with E-state index in [1.54, 1.807) is 35.2 Å². The smallest absolute Gasteiger partial charge is 0.290 e. The van der Waals surface area contributed by atoms with E-state index in [2.05, 4.69) is 0 Å². The molecular formula is C17H18Cl2N2O3. The van der Waals surface area contributed by atoms with Gasteiger partial charge in [0, 0.05) is 24.7 Å². The summed E-state index contributed by atoms with van der Waals surface area (Å²) in [4.78, 5) is 14.2. The summed E-state index contributed by atoms with van der Waals surface area (Å²) in [6.45, 7) is 3.23. The predicted molar refractivity (Wildman–Crippen MR) is 93.0 cm³/mol. The van der Waals surface area contributed by atoms with Crippen molar-refractivity contribution in [2.24, 2.45) is 5.73 Å². The zero-order valence-electron chi connectivity index (χ0n) is 13.2. The lowest BCUT2D eigenvalue weighted by Gasteiger charge is -2.36. The number of piperidine rings is 1. The molecule has 0 radical (unpaired) electrons. The van der Waals surface area contributed by atoms with Gasteiger partial charge in [0.25, 0.3) is 11.9 Å². The SMILES string of the molecule is CC1(N)CCN(C(=O)c2ccc(Oc3cccc(Cl)c3Cl)o2)CC1. The van der Waals surface area contributed by atoms with Crippen molar-refractivity contribution in [3.8, 4) is 11.7 Å². The molecule has 7 heteroatoms. The number of ether oxygens (including phenoxy) is 1. The number of carbonyl (C=O) groups excluding carboxylic acids is 1. The lowest BCUT2D eigenvalue weighted by molar-refractivity contribution is 0.0644. The monoisotopic (exact) mass is 368 g/mol. The van der Waals surface area contributed by atoms with Gasteiger partial charge in [-0.3, -0.25) is 4.79 Å². The Kier molecular flexibility index (Phi) is 4.76. The first-order valence-electron chi connectivity index (χ1n) is 7.66. The number of hydrogen-bond donors (Lipinski definition) is 1. The zero-order valence-corrected chi connectivity index (χ0v) is 14.7. The minimum absolute atomic E-state index is 0.169. The standard InChI is InChI=1S/C17H18Cl2N2O3/c1-17(20)7-9-21(10-8-17)16(22)13-5-6-14(24-13)23-12-4-2-3-11(18)15(12)19/h2-6H,7-10,20H2,1H3. The van der Waals surface area contributed by atoms with E-state index in [9.17, 15) is 4.79 Å². The lowest BCUT2D eigenvalue weighted by Crippen LogP contribution is -2.49. The first kappa shape index (κ1) is 17.1. The summed E-state index contributed by atoms with van der Waals surface area (Å²) in [7, 11) is 0. The van der Waals surface area contributed by atoms with Gasteiger partial charge in [-0.2, -0.15) is 0 Å². The Labute approximate surface area is 150 Å². The molecule has 0 bridgehead atoms. The molecule has 1 aromatic carbocycles. The maximum absolute atomic E-state index is 12.5. The third-order valence-electron chi connectivity index (χ3n) is 4.11. The molecule has 0 saturated carbocycles. The molecule has 0 aliphatic carbocycles. The lowest BCUT2D eigenvalue weighted by atomic mass is 9.91. The average Bonchev–Trinajstić information content (AvgIpc) is 3.00. The van der Waals surface area contributed by atoms with Crippen LogP contribution in [0.15, 0.2) is 34.7 Å². The Hall–Kier alpha value is -1.69. The molecule has 1 amide bonds. The van der Waals surface area contributed by atoms with E-state index < -0.39 is 0 Å². The van der Waals surface area contributed by atoms with E-state index in [1.807, 2.05) is 6.92 Å². The summed E-state index contributed by atoms with van der Waals surface area (Å²) in [5, 5.41) is 0.678. The average molecular weight is 369 g/mol. The van der Waals surface area contributed by atoms with Crippen LogP contribution in [0, 0.1) is 0 Å².